The van der Waals surface area contributed by atoms with Crippen LogP contribution in [-0.4, -0.2) is 22.0 Å². The number of aryl methyl sites for hydroxylation is 1. The first-order valence-electron chi connectivity index (χ1n) is 8.22. The van der Waals surface area contributed by atoms with Crippen LogP contribution in [0.4, 0.5) is 0 Å². The molecule has 2 aromatic rings. The second kappa shape index (κ2) is 6.90. The number of rotatable bonds is 3. The fourth-order valence-electron chi connectivity index (χ4n) is 2.88. The summed E-state index contributed by atoms with van der Waals surface area (Å²) in [4.78, 5) is 20.5. The van der Waals surface area contributed by atoms with Gasteiger partial charge in [0.25, 0.3) is 0 Å². The largest absolute Gasteiger partial charge is 0.456 e. The van der Waals surface area contributed by atoms with Crippen LogP contribution >= 0.6 is 0 Å². The Morgan fingerprint density at radius 1 is 1.00 bits per heavy atom. The molecule has 23 heavy (non-hydrogen) atoms. The number of hydrogen-bond donors (Lipinski definition) is 0. The van der Waals surface area contributed by atoms with E-state index in [-0.39, 0.29) is 11.9 Å². The number of aromatic nitrogens is 2. The number of hydrogen-bond acceptors (Lipinski definition) is 4. The van der Waals surface area contributed by atoms with Crippen LogP contribution in [0.2, 0.25) is 0 Å². The number of carbonyl (C=O) groups is 1. The van der Waals surface area contributed by atoms with E-state index in [1.54, 1.807) is 12.4 Å². The zero-order chi connectivity index (χ0) is 16.2. The van der Waals surface area contributed by atoms with E-state index in [0.717, 1.165) is 42.7 Å². The predicted octanol–water partition coefficient (Wildman–Crippen LogP) is 4.19. The highest BCUT2D eigenvalue weighted by molar-refractivity contribution is 5.85. The summed E-state index contributed by atoms with van der Waals surface area (Å²) in [6.45, 7) is 4.29. The minimum atomic E-state index is -0.417. The predicted molar refractivity (Wildman–Crippen MR) is 89.0 cm³/mol. The van der Waals surface area contributed by atoms with E-state index >= 15 is 0 Å². The molecule has 0 atom stereocenters. The summed E-state index contributed by atoms with van der Waals surface area (Å²) in [5.74, 6) is 0.453. The summed E-state index contributed by atoms with van der Waals surface area (Å²) in [6, 6.07) is 8.13. The van der Waals surface area contributed by atoms with Crippen molar-refractivity contribution >= 4 is 5.97 Å². The molecule has 0 bridgehead atoms. The highest BCUT2D eigenvalue weighted by Gasteiger charge is 2.23. The zero-order valence-electron chi connectivity index (χ0n) is 13.7. The van der Waals surface area contributed by atoms with Crippen molar-refractivity contribution in [1.29, 1.82) is 0 Å². The maximum absolute atomic E-state index is 12.1. The maximum Gasteiger partial charge on any atom is 0.376 e. The fraction of sp³-hybridized carbons (Fsp3) is 0.421. The summed E-state index contributed by atoms with van der Waals surface area (Å²) in [6.07, 6.45) is 7.48. The van der Waals surface area contributed by atoms with Gasteiger partial charge >= 0.3 is 5.97 Å². The third kappa shape index (κ3) is 3.95. The first kappa shape index (κ1) is 15.7. The minimum absolute atomic E-state index is 0.0130. The molecule has 1 aliphatic carbocycles. The molecule has 0 N–H and O–H groups in total. The second-order valence-corrected chi connectivity index (χ2v) is 6.45. The topological polar surface area (TPSA) is 52.1 Å². The van der Waals surface area contributed by atoms with Crippen molar-refractivity contribution in [3.63, 3.8) is 0 Å². The highest BCUT2D eigenvalue weighted by atomic mass is 16.5. The number of nitrogens with zero attached hydrogens (tertiary/aromatic N) is 2. The third-order valence-electron chi connectivity index (χ3n) is 4.46. The second-order valence-electron chi connectivity index (χ2n) is 6.45. The fourth-order valence-corrected chi connectivity index (χ4v) is 2.88. The van der Waals surface area contributed by atoms with Crippen LogP contribution in [0.5, 0.6) is 0 Å². The standard InChI is InChI=1S/C19H22N2O2/c1-13-3-7-15(8-4-13)16-11-20-18(21-12-16)19(22)23-17-9-5-14(2)6-10-17/h3-4,7-8,11-12,14,17H,5-6,9-10H2,1-2H3. The van der Waals surface area contributed by atoms with Gasteiger partial charge in [0, 0.05) is 18.0 Å². The molecule has 0 radical (unpaired) electrons. The van der Waals surface area contributed by atoms with E-state index < -0.39 is 5.97 Å². The molecular formula is C19H22N2O2. The van der Waals surface area contributed by atoms with E-state index in [0.29, 0.717) is 0 Å². The smallest absolute Gasteiger partial charge is 0.376 e. The summed E-state index contributed by atoms with van der Waals surface area (Å²) < 4.78 is 5.52. The molecule has 0 spiro atoms. The Hall–Kier alpha value is -2.23. The Labute approximate surface area is 136 Å². The van der Waals surface area contributed by atoms with Crippen molar-refractivity contribution in [2.75, 3.05) is 0 Å². The van der Waals surface area contributed by atoms with Gasteiger partial charge in [-0.15, -0.1) is 0 Å². The van der Waals surface area contributed by atoms with E-state index in [9.17, 15) is 4.79 Å². The number of benzene rings is 1. The van der Waals surface area contributed by atoms with Crippen molar-refractivity contribution in [2.24, 2.45) is 5.92 Å². The maximum atomic E-state index is 12.1. The zero-order valence-corrected chi connectivity index (χ0v) is 13.7. The summed E-state index contributed by atoms with van der Waals surface area (Å²) in [5, 5.41) is 0. The lowest BCUT2D eigenvalue weighted by Gasteiger charge is -2.25. The van der Waals surface area contributed by atoms with Crippen LogP contribution in [0, 0.1) is 12.8 Å². The molecule has 0 unspecified atom stereocenters. The average Bonchev–Trinajstić information content (AvgIpc) is 2.58. The number of carbonyl (C=O) groups excluding carboxylic acids is 1. The van der Waals surface area contributed by atoms with Crippen molar-refractivity contribution in [1.82, 2.24) is 9.97 Å². The monoisotopic (exact) mass is 310 g/mol. The summed E-state index contributed by atoms with van der Waals surface area (Å²) in [5.41, 5.74) is 3.14. The van der Waals surface area contributed by atoms with Crippen LogP contribution in [0.25, 0.3) is 11.1 Å². The van der Waals surface area contributed by atoms with E-state index in [2.05, 4.69) is 16.9 Å². The molecule has 1 saturated carbocycles. The summed E-state index contributed by atoms with van der Waals surface area (Å²) in [7, 11) is 0. The SMILES string of the molecule is Cc1ccc(-c2cnc(C(=O)OC3CCC(C)CC3)nc2)cc1. The van der Waals surface area contributed by atoms with Gasteiger partial charge in [0.15, 0.2) is 0 Å². The van der Waals surface area contributed by atoms with Gasteiger partial charge in [-0.05, 0) is 44.1 Å². The van der Waals surface area contributed by atoms with Gasteiger partial charge in [-0.3, -0.25) is 0 Å². The highest BCUT2D eigenvalue weighted by Crippen LogP contribution is 2.26. The molecule has 4 heteroatoms. The lowest BCUT2D eigenvalue weighted by Crippen LogP contribution is -2.24. The molecule has 0 aliphatic heterocycles. The van der Waals surface area contributed by atoms with Gasteiger partial charge in [0.2, 0.25) is 5.82 Å². The minimum Gasteiger partial charge on any atom is -0.456 e. The van der Waals surface area contributed by atoms with Crippen molar-refractivity contribution in [2.45, 2.75) is 45.6 Å². The van der Waals surface area contributed by atoms with Crippen LogP contribution < -0.4 is 0 Å². The van der Waals surface area contributed by atoms with Gasteiger partial charge in [-0.25, -0.2) is 14.8 Å². The molecule has 1 aliphatic rings. The Morgan fingerprint density at radius 3 is 2.22 bits per heavy atom. The molecule has 0 saturated heterocycles. The van der Waals surface area contributed by atoms with E-state index in [1.807, 2.05) is 31.2 Å². The number of esters is 1. The normalized spacial score (nSPS) is 21.0. The third-order valence-corrected chi connectivity index (χ3v) is 4.46. The Morgan fingerprint density at radius 2 is 1.61 bits per heavy atom. The molecule has 1 aromatic heterocycles. The quantitative estimate of drug-likeness (QED) is 0.798. The molecule has 1 fully saturated rings. The molecule has 120 valence electrons. The van der Waals surface area contributed by atoms with Gasteiger partial charge in [0.1, 0.15) is 6.10 Å². The van der Waals surface area contributed by atoms with Crippen LogP contribution in [0.15, 0.2) is 36.7 Å². The van der Waals surface area contributed by atoms with Crippen molar-refractivity contribution in [3.8, 4) is 11.1 Å². The van der Waals surface area contributed by atoms with Gasteiger partial charge in [0.05, 0.1) is 0 Å². The lowest BCUT2D eigenvalue weighted by molar-refractivity contribution is 0.0160. The molecule has 1 heterocycles. The molecule has 0 amide bonds. The first-order chi connectivity index (χ1) is 11.1. The van der Waals surface area contributed by atoms with E-state index in [1.165, 1.54) is 5.56 Å². The molecular weight excluding hydrogens is 288 g/mol. The van der Waals surface area contributed by atoms with Crippen molar-refractivity contribution in [3.05, 3.63) is 48.0 Å². The molecule has 3 rings (SSSR count). The summed E-state index contributed by atoms with van der Waals surface area (Å²) >= 11 is 0. The average molecular weight is 310 g/mol. The Kier molecular flexibility index (Phi) is 4.70. The van der Waals surface area contributed by atoms with Crippen molar-refractivity contribution < 1.29 is 9.53 Å². The van der Waals surface area contributed by atoms with Gasteiger partial charge < -0.3 is 4.74 Å². The van der Waals surface area contributed by atoms with Gasteiger partial charge in [-0.1, -0.05) is 36.8 Å². The molecule has 1 aromatic carbocycles. The van der Waals surface area contributed by atoms with Gasteiger partial charge in [-0.2, -0.15) is 0 Å². The van der Waals surface area contributed by atoms with Crippen LogP contribution in [0.3, 0.4) is 0 Å². The van der Waals surface area contributed by atoms with Crippen LogP contribution in [-0.2, 0) is 4.74 Å². The van der Waals surface area contributed by atoms with E-state index in [4.69, 9.17) is 4.74 Å². The van der Waals surface area contributed by atoms with Crippen LogP contribution in [0.1, 0.15) is 48.8 Å². The number of ether oxygens (including phenoxy) is 1. The molecule has 4 nitrogen and oxygen atoms in total. The Bertz CT molecular complexity index is 657. The Balaban J connectivity index is 1.64. The first-order valence-corrected chi connectivity index (χ1v) is 8.22. The lowest BCUT2D eigenvalue weighted by atomic mass is 9.89.